The number of hydrogen-bond acceptors (Lipinski definition) is 7. The highest BCUT2D eigenvalue weighted by atomic mass is 16.5. The highest BCUT2D eigenvalue weighted by molar-refractivity contribution is 5.85. The van der Waals surface area contributed by atoms with E-state index in [9.17, 15) is 4.79 Å². The van der Waals surface area contributed by atoms with Crippen LogP contribution in [0.1, 0.15) is 33.6 Å². The molecule has 1 unspecified atom stereocenters. The minimum atomic E-state index is 0.0418. The molecule has 0 radical (unpaired) electrons. The van der Waals surface area contributed by atoms with Crippen molar-refractivity contribution in [1.82, 2.24) is 25.2 Å². The lowest BCUT2D eigenvalue weighted by molar-refractivity contribution is -0.125. The summed E-state index contributed by atoms with van der Waals surface area (Å²) in [4.78, 5) is 29.9. The van der Waals surface area contributed by atoms with Gasteiger partial charge in [0.05, 0.1) is 17.9 Å². The maximum Gasteiger partial charge on any atom is 0.222 e. The largest absolute Gasteiger partial charge is 0.370 e. The van der Waals surface area contributed by atoms with Crippen LogP contribution in [0.2, 0.25) is 0 Å². The van der Waals surface area contributed by atoms with Crippen LogP contribution in [0.4, 0.5) is 5.69 Å². The smallest absolute Gasteiger partial charge is 0.222 e. The summed E-state index contributed by atoms with van der Waals surface area (Å²) in [6, 6.07) is 2.32. The lowest BCUT2D eigenvalue weighted by Crippen LogP contribution is -2.53. The van der Waals surface area contributed by atoms with Gasteiger partial charge in [0, 0.05) is 63.3 Å². The normalized spacial score (nSPS) is 23.8. The molecule has 2 aromatic heterocycles. The number of nitrogens with zero attached hydrogens (tertiary/aromatic N) is 5. The molecule has 4 rings (SSSR count). The van der Waals surface area contributed by atoms with Crippen molar-refractivity contribution < 1.29 is 9.53 Å². The van der Waals surface area contributed by atoms with Crippen LogP contribution in [0, 0.1) is 5.92 Å². The van der Waals surface area contributed by atoms with Crippen molar-refractivity contribution in [2.75, 3.05) is 37.6 Å². The van der Waals surface area contributed by atoms with E-state index in [-0.39, 0.29) is 24.0 Å². The van der Waals surface area contributed by atoms with Gasteiger partial charge in [0.2, 0.25) is 5.91 Å². The Morgan fingerprint density at radius 1 is 1.17 bits per heavy atom. The Balaban J connectivity index is 1.36. The molecule has 0 aromatic carbocycles. The van der Waals surface area contributed by atoms with Crippen LogP contribution in [0.3, 0.4) is 0 Å². The molecule has 0 saturated carbocycles. The number of carbonyl (C=O) groups excluding carboxylic acids is 1. The quantitative estimate of drug-likeness (QED) is 0.802. The van der Waals surface area contributed by atoms with Gasteiger partial charge in [-0.25, -0.2) is 15.0 Å². The average Bonchev–Trinajstić information content (AvgIpc) is 2.74. The number of piperidine rings is 1. The Morgan fingerprint density at radius 2 is 1.90 bits per heavy atom. The van der Waals surface area contributed by atoms with Gasteiger partial charge < -0.3 is 19.9 Å². The van der Waals surface area contributed by atoms with Crippen molar-refractivity contribution in [2.24, 2.45) is 5.92 Å². The number of pyridine rings is 1. The molecule has 8 nitrogen and oxygen atoms in total. The number of rotatable bonds is 5. The van der Waals surface area contributed by atoms with Crippen molar-refractivity contribution >= 4 is 22.8 Å². The molecule has 0 aliphatic carbocycles. The molecule has 2 aliphatic rings. The third-order valence-electron chi connectivity index (χ3n) is 5.94. The molecule has 8 heteroatoms. The predicted molar refractivity (Wildman–Crippen MR) is 116 cm³/mol. The second-order valence-electron chi connectivity index (χ2n) is 8.77. The molecule has 4 heterocycles. The van der Waals surface area contributed by atoms with E-state index in [1.165, 1.54) is 0 Å². The monoisotopic (exact) mass is 412 g/mol. The third kappa shape index (κ3) is 4.87. The van der Waals surface area contributed by atoms with Crippen LogP contribution >= 0.6 is 0 Å². The van der Waals surface area contributed by atoms with E-state index in [2.05, 4.69) is 37.0 Å². The van der Waals surface area contributed by atoms with Gasteiger partial charge in [-0.2, -0.15) is 0 Å². The van der Waals surface area contributed by atoms with Crippen molar-refractivity contribution in [3.63, 3.8) is 0 Å². The summed E-state index contributed by atoms with van der Waals surface area (Å²) in [5.41, 5.74) is 2.59. The molecule has 30 heavy (non-hydrogen) atoms. The van der Waals surface area contributed by atoms with Gasteiger partial charge in [0.15, 0.2) is 5.65 Å². The van der Waals surface area contributed by atoms with Crippen LogP contribution in [-0.2, 0) is 9.53 Å². The molecule has 2 aliphatic heterocycles. The van der Waals surface area contributed by atoms with Crippen LogP contribution in [0.5, 0.6) is 0 Å². The summed E-state index contributed by atoms with van der Waals surface area (Å²) in [7, 11) is 0. The Bertz CT molecular complexity index is 862. The Labute approximate surface area is 178 Å². The number of amides is 1. The zero-order chi connectivity index (χ0) is 21.1. The SMILES string of the molecule is CC(C)C(=O)NC1CCN(CC2CN(c3ccnc4nccnc34)C[C@@H](C)O2)CC1. The van der Waals surface area contributed by atoms with E-state index in [4.69, 9.17) is 4.74 Å². The lowest BCUT2D eigenvalue weighted by Gasteiger charge is -2.41. The van der Waals surface area contributed by atoms with E-state index < -0.39 is 0 Å². The first kappa shape index (κ1) is 20.9. The van der Waals surface area contributed by atoms with Gasteiger partial charge >= 0.3 is 0 Å². The van der Waals surface area contributed by atoms with Gasteiger partial charge in [0.1, 0.15) is 5.52 Å². The molecule has 0 spiro atoms. The molecule has 1 amide bonds. The van der Waals surface area contributed by atoms with Crippen LogP contribution in [-0.4, -0.2) is 76.7 Å². The van der Waals surface area contributed by atoms with E-state index in [0.29, 0.717) is 11.7 Å². The first-order chi connectivity index (χ1) is 14.5. The fourth-order valence-electron chi connectivity index (χ4n) is 4.38. The number of ether oxygens (including phenoxy) is 1. The lowest BCUT2D eigenvalue weighted by atomic mass is 10.0. The summed E-state index contributed by atoms with van der Waals surface area (Å²) in [6.07, 6.45) is 7.47. The predicted octanol–water partition coefficient (Wildman–Crippen LogP) is 1.86. The summed E-state index contributed by atoms with van der Waals surface area (Å²) in [6.45, 7) is 10.5. The fourth-order valence-corrected chi connectivity index (χ4v) is 4.38. The number of morpholine rings is 1. The fraction of sp³-hybridized carbons (Fsp3) is 0.636. The summed E-state index contributed by atoms with van der Waals surface area (Å²) in [5, 5.41) is 3.17. The van der Waals surface area contributed by atoms with Gasteiger partial charge in [0.25, 0.3) is 0 Å². The first-order valence-corrected chi connectivity index (χ1v) is 11.0. The molecule has 2 atom stereocenters. The molecule has 1 N–H and O–H groups in total. The molecular formula is C22H32N6O2. The topological polar surface area (TPSA) is 83.5 Å². The Kier molecular flexibility index (Phi) is 6.43. The summed E-state index contributed by atoms with van der Waals surface area (Å²) >= 11 is 0. The Hall–Kier alpha value is -2.32. The highest BCUT2D eigenvalue weighted by Crippen LogP contribution is 2.26. The standard InChI is InChI=1S/C22H32N6O2/c1-15(2)22(29)26-17-5-10-27(11-6-17)13-18-14-28(12-16(3)30-18)19-4-7-24-21-20(19)23-8-9-25-21/h4,7-9,15-18H,5-6,10-14H2,1-3H3,(H,26,29)/t16-,18?/m1/s1. The molecule has 2 fully saturated rings. The van der Waals surface area contributed by atoms with E-state index >= 15 is 0 Å². The number of hydrogen-bond donors (Lipinski definition) is 1. The number of likely N-dealkylation sites (tertiary alicyclic amines) is 1. The number of fused-ring (bicyclic) bond motifs is 1. The van der Waals surface area contributed by atoms with Crippen molar-refractivity contribution in [1.29, 1.82) is 0 Å². The highest BCUT2D eigenvalue weighted by Gasteiger charge is 2.30. The van der Waals surface area contributed by atoms with Crippen molar-refractivity contribution in [3.8, 4) is 0 Å². The van der Waals surface area contributed by atoms with Crippen LogP contribution in [0.15, 0.2) is 24.7 Å². The van der Waals surface area contributed by atoms with Gasteiger partial charge in [-0.15, -0.1) is 0 Å². The van der Waals surface area contributed by atoms with Crippen molar-refractivity contribution in [3.05, 3.63) is 24.7 Å². The number of carbonyl (C=O) groups is 1. The maximum absolute atomic E-state index is 11.9. The third-order valence-corrected chi connectivity index (χ3v) is 5.94. The zero-order valence-electron chi connectivity index (χ0n) is 18.1. The van der Waals surface area contributed by atoms with Crippen LogP contribution < -0.4 is 10.2 Å². The summed E-state index contributed by atoms with van der Waals surface area (Å²) in [5.74, 6) is 0.196. The first-order valence-electron chi connectivity index (χ1n) is 11.0. The zero-order valence-corrected chi connectivity index (χ0v) is 18.1. The second kappa shape index (κ2) is 9.22. The maximum atomic E-state index is 11.9. The Morgan fingerprint density at radius 3 is 2.67 bits per heavy atom. The molecule has 162 valence electrons. The second-order valence-corrected chi connectivity index (χ2v) is 8.77. The van der Waals surface area contributed by atoms with Crippen LogP contribution in [0.25, 0.3) is 11.2 Å². The number of anilines is 1. The van der Waals surface area contributed by atoms with Gasteiger partial charge in [-0.1, -0.05) is 13.8 Å². The minimum Gasteiger partial charge on any atom is -0.370 e. The van der Waals surface area contributed by atoms with E-state index in [0.717, 1.165) is 56.8 Å². The molecule has 2 saturated heterocycles. The average molecular weight is 413 g/mol. The molecule has 0 bridgehead atoms. The summed E-state index contributed by atoms with van der Waals surface area (Å²) < 4.78 is 6.27. The number of nitrogens with one attached hydrogen (secondary N) is 1. The van der Waals surface area contributed by atoms with Gasteiger partial charge in [-0.05, 0) is 25.8 Å². The van der Waals surface area contributed by atoms with Crippen molar-refractivity contribution in [2.45, 2.75) is 51.9 Å². The van der Waals surface area contributed by atoms with Gasteiger partial charge in [-0.3, -0.25) is 4.79 Å². The number of aromatic nitrogens is 3. The molecular weight excluding hydrogens is 380 g/mol. The van der Waals surface area contributed by atoms with E-state index in [1.807, 2.05) is 19.9 Å². The van der Waals surface area contributed by atoms with E-state index in [1.54, 1.807) is 18.6 Å². The minimum absolute atomic E-state index is 0.0418. The molecule has 2 aromatic rings.